The number of benzene rings is 1. The molecule has 3 aromatic rings. The lowest BCUT2D eigenvalue weighted by Crippen LogP contribution is -1.99. The number of hydrogen-bond acceptors (Lipinski definition) is 5. The fourth-order valence-electron chi connectivity index (χ4n) is 1.87. The molecule has 110 valence electrons. The topological polar surface area (TPSA) is 50.2 Å². The highest BCUT2D eigenvalue weighted by molar-refractivity contribution is 7.14. The quantitative estimate of drug-likeness (QED) is 0.558. The molecule has 0 unspecified atom stereocenters. The number of halogens is 1. The molecule has 0 fully saturated rings. The molecule has 0 aliphatic rings. The van der Waals surface area contributed by atoms with Crippen LogP contribution in [0.15, 0.2) is 59.3 Å². The molecule has 0 bridgehead atoms. The number of hydrazone groups is 1. The van der Waals surface area contributed by atoms with Crippen molar-refractivity contribution in [2.24, 2.45) is 5.10 Å². The molecule has 1 N–H and O–H groups in total. The minimum absolute atomic E-state index is 0.718. The average molecular weight is 329 g/mol. The third-order valence-corrected chi connectivity index (χ3v) is 4.06. The van der Waals surface area contributed by atoms with E-state index in [1.165, 1.54) is 11.3 Å². The summed E-state index contributed by atoms with van der Waals surface area (Å²) in [4.78, 5) is 8.51. The van der Waals surface area contributed by atoms with Crippen LogP contribution < -0.4 is 5.43 Å². The molecule has 0 amide bonds. The van der Waals surface area contributed by atoms with Crippen LogP contribution in [0, 0.1) is 0 Å². The first-order valence-electron chi connectivity index (χ1n) is 6.64. The maximum atomic E-state index is 5.89. The molecule has 0 saturated heterocycles. The van der Waals surface area contributed by atoms with E-state index < -0.39 is 0 Å². The molecular formula is C16H13ClN4S. The van der Waals surface area contributed by atoms with Crippen molar-refractivity contribution in [2.75, 3.05) is 5.43 Å². The lowest BCUT2D eigenvalue weighted by molar-refractivity contribution is 1.26. The Kier molecular flexibility index (Phi) is 4.46. The monoisotopic (exact) mass is 328 g/mol. The van der Waals surface area contributed by atoms with Crippen LogP contribution >= 0.6 is 22.9 Å². The fraction of sp³-hybridized carbons (Fsp3) is 0.0625. The van der Waals surface area contributed by atoms with Gasteiger partial charge in [0.15, 0.2) is 0 Å². The Morgan fingerprint density at radius 1 is 1.14 bits per heavy atom. The zero-order valence-corrected chi connectivity index (χ0v) is 13.4. The van der Waals surface area contributed by atoms with Crippen LogP contribution in [0.25, 0.3) is 11.3 Å². The first-order chi connectivity index (χ1) is 10.7. The molecule has 0 saturated carbocycles. The largest absolute Gasteiger partial charge is 0.265 e. The van der Waals surface area contributed by atoms with Crippen LogP contribution in [0.2, 0.25) is 5.02 Å². The number of rotatable bonds is 4. The number of hydrogen-bond donors (Lipinski definition) is 1. The second-order valence-electron chi connectivity index (χ2n) is 4.59. The van der Waals surface area contributed by atoms with Gasteiger partial charge in [-0.05, 0) is 31.2 Å². The summed E-state index contributed by atoms with van der Waals surface area (Å²) in [7, 11) is 0. The summed E-state index contributed by atoms with van der Waals surface area (Å²) in [6.07, 6.45) is 3.49. The summed E-state index contributed by atoms with van der Waals surface area (Å²) in [5.74, 6) is 0. The molecule has 0 aliphatic heterocycles. The number of nitrogens with zero attached hydrogens (tertiary/aromatic N) is 3. The van der Waals surface area contributed by atoms with Crippen molar-refractivity contribution in [2.45, 2.75) is 6.92 Å². The Bertz CT molecular complexity index is 781. The van der Waals surface area contributed by atoms with Gasteiger partial charge in [-0.15, -0.1) is 11.3 Å². The Morgan fingerprint density at radius 2 is 1.86 bits per heavy atom. The minimum Gasteiger partial charge on any atom is -0.265 e. The van der Waals surface area contributed by atoms with E-state index in [2.05, 4.69) is 20.5 Å². The number of pyridine rings is 1. The predicted octanol–water partition coefficient (Wildman–Crippen LogP) is 4.69. The smallest absolute Gasteiger partial charge is 0.203 e. The number of anilines is 1. The second-order valence-corrected chi connectivity index (χ2v) is 5.88. The SMILES string of the molecule is CC(=NNc1nc(-c2ccc(Cl)cc2)cs1)c1ccncc1. The van der Waals surface area contributed by atoms with Gasteiger partial charge in [-0.3, -0.25) is 10.4 Å². The Labute approximate surface area is 137 Å². The molecular weight excluding hydrogens is 316 g/mol. The van der Waals surface area contributed by atoms with Crippen LogP contribution in [0.1, 0.15) is 12.5 Å². The molecule has 22 heavy (non-hydrogen) atoms. The molecule has 2 heterocycles. The summed E-state index contributed by atoms with van der Waals surface area (Å²) in [6, 6.07) is 11.5. The highest BCUT2D eigenvalue weighted by Crippen LogP contribution is 2.26. The van der Waals surface area contributed by atoms with Crippen molar-refractivity contribution in [3.05, 3.63) is 64.8 Å². The third kappa shape index (κ3) is 3.50. The van der Waals surface area contributed by atoms with E-state index in [1.807, 2.05) is 48.7 Å². The van der Waals surface area contributed by atoms with Crippen LogP contribution in [-0.4, -0.2) is 15.7 Å². The second kappa shape index (κ2) is 6.68. The summed E-state index contributed by atoms with van der Waals surface area (Å²) in [5, 5.41) is 7.81. The normalized spacial score (nSPS) is 11.5. The van der Waals surface area contributed by atoms with Crippen molar-refractivity contribution in [3.8, 4) is 11.3 Å². The van der Waals surface area contributed by atoms with Gasteiger partial charge in [-0.25, -0.2) is 4.98 Å². The fourth-order valence-corrected chi connectivity index (χ4v) is 2.66. The van der Waals surface area contributed by atoms with E-state index >= 15 is 0 Å². The summed E-state index contributed by atoms with van der Waals surface area (Å²) in [5.41, 5.74) is 6.83. The van der Waals surface area contributed by atoms with Crippen LogP contribution in [-0.2, 0) is 0 Å². The van der Waals surface area contributed by atoms with E-state index in [9.17, 15) is 0 Å². The van der Waals surface area contributed by atoms with Crippen molar-refractivity contribution in [1.82, 2.24) is 9.97 Å². The Morgan fingerprint density at radius 3 is 2.59 bits per heavy atom. The van der Waals surface area contributed by atoms with E-state index in [-0.39, 0.29) is 0 Å². The van der Waals surface area contributed by atoms with Crippen LogP contribution in [0.3, 0.4) is 0 Å². The summed E-state index contributed by atoms with van der Waals surface area (Å²) >= 11 is 7.41. The molecule has 4 nitrogen and oxygen atoms in total. The third-order valence-electron chi connectivity index (χ3n) is 3.06. The van der Waals surface area contributed by atoms with E-state index in [0.29, 0.717) is 0 Å². The Hall–Kier alpha value is -2.24. The first-order valence-corrected chi connectivity index (χ1v) is 7.90. The van der Waals surface area contributed by atoms with Gasteiger partial charge in [0.1, 0.15) is 0 Å². The molecule has 0 spiro atoms. The molecule has 6 heteroatoms. The lowest BCUT2D eigenvalue weighted by atomic mass is 10.2. The molecule has 2 aromatic heterocycles. The first kappa shape index (κ1) is 14.7. The number of thiazole rings is 1. The Balaban J connectivity index is 1.73. The minimum atomic E-state index is 0.718. The number of nitrogens with one attached hydrogen (secondary N) is 1. The lowest BCUT2D eigenvalue weighted by Gasteiger charge is -2.00. The van der Waals surface area contributed by atoms with Crippen molar-refractivity contribution in [3.63, 3.8) is 0 Å². The van der Waals surface area contributed by atoms with Gasteiger partial charge in [0.05, 0.1) is 11.4 Å². The average Bonchev–Trinajstić information content (AvgIpc) is 3.03. The highest BCUT2D eigenvalue weighted by Gasteiger charge is 2.04. The zero-order chi connectivity index (χ0) is 15.4. The van der Waals surface area contributed by atoms with Gasteiger partial charge >= 0.3 is 0 Å². The van der Waals surface area contributed by atoms with Crippen LogP contribution in [0.4, 0.5) is 5.13 Å². The molecule has 0 radical (unpaired) electrons. The summed E-state index contributed by atoms with van der Waals surface area (Å²) in [6.45, 7) is 1.94. The van der Waals surface area contributed by atoms with Gasteiger partial charge in [-0.2, -0.15) is 5.10 Å². The van der Waals surface area contributed by atoms with Gasteiger partial charge < -0.3 is 0 Å². The highest BCUT2D eigenvalue weighted by atomic mass is 35.5. The molecule has 0 aliphatic carbocycles. The van der Waals surface area contributed by atoms with E-state index in [4.69, 9.17) is 11.6 Å². The van der Waals surface area contributed by atoms with E-state index in [0.717, 1.165) is 32.7 Å². The van der Waals surface area contributed by atoms with Crippen molar-refractivity contribution >= 4 is 33.8 Å². The van der Waals surface area contributed by atoms with Crippen molar-refractivity contribution in [1.29, 1.82) is 0 Å². The number of aromatic nitrogens is 2. The van der Waals surface area contributed by atoms with Crippen molar-refractivity contribution < 1.29 is 0 Å². The van der Waals surface area contributed by atoms with Crippen LogP contribution in [0.5, 0.6) is 0 Å². The standard InChI is InChI=1S/C16H13ClN4S/c1-11(12-6-8-18-9-7-12)20-21-16-19-15(10-22-16)13-2-4-14(17)5-3-13/h2-10H,1H3,(H,19,21). The van der Waals surface area contributed by atoms with E-state index in [1.54, 1.807) is 12.4 Å². The van der Waals surface area contributed by atoms with Gasteiger partial charge in [0, 0.05) is 33.9 Å². The maximum Gasteiger partial charge on any atom is 0.203 e. The van der Waals surface area contributed by atoms with Gasteiger partial charge in [0.25, 0.3) is 0 Å². The molecule has 3 rings (SSSR count). The predicted molar refractivity (Wildman–Crippen MR) is 92.6 cm³/mol. The van der Waals surface area contributed by atoms with Gasteiger partial charge in [0.2, 0.25) is 5.13 Å². The van der Waals surface area contributed by atoms with Gasteiger partial charge in [-0.1, -0.05) is 23.7 Å². The zero-order valence-electron chi connectivity index (χ0n) is 11.8. The maximum absolute atomic E-state index is 5.89. The summed E-state index contributed by atoms with van der Waals surface area (Å²) < 4.78 is 0. The molecule has 1 aromatic carbocycles. The molecule has 0 atom stereocenters.